The van der Waals surface area contributed by atoms with Gasteiger partial charge in [-0.15, -0.1) is 0 Å². The Kier molecular flexibility index (Phi) is 3.42. The van der Waals surface area contributed by atoms with E-state index in [-0.39, 0.29) is 11.7 Å². The summed E-state index contributed by atoms with van der Waals surface area (Å²) in [7, 11) is 0. The number of rotatable bonds is 3. The van der Waals surface area contributed by atoms with Crippen LogP contribution in [0.2, 0.25) is 0 Å². The first kappa shape index (κ1) is 11.7. The molecule has 0 saturated heterocycles. The van der Waals surface area contributed by atoms with Crippen molar-refractivity contribution in [2.45, 2.75) is 25.8 Å². The number of aliphatic carboxylic acids is 1. The molecular formula is C11H14FNO2. The van der Waals surface area contributed by atoms with E-state index in [0.717, 1.165) is 0 Å². The number of carboxylic acid groups (broad SMARTS) is 1. The molecule has 1 atom stereocenters. The van der Waals surface area contributed by atoms with Crippen molar-refractivity contribution in [3.63, 3.8) is 0 Å². The summed E-state index contributed by atoms with van der Waals surface area (Å²) in [5.41, 5.74) is 6.35. The second-order valence-corrected chi connectivity index (χ2v) is 3.75. The van der Waals surface area contributed by atoms with Crippen LogP contribution in [0.5, 0.6) is 0 Å². The molecule has 3 nitrogen and oxygen atoms in total. The molecule has 0 aromatic heterocycles. The molecule has 0 aliphatic rings. The molecule has 1 rings (SSSR count). The van der Waals surface area contributed by atoms with Crippen LogP contribution in [-0.2, 0) is 4.79 Å². The number of carboxylic acids is 1. The Hall–Kier alpha value is -1.42. The van der Waals surface area contributed by atoms with Gasteiger partial charge in [-0.2, -0.15) is 0 Å². The Bertz CT molecular complexity index is 377. The van der Waals surface area contributed by atoms with Crippen molar-refractivity contribution < 1.29 is 14.3 Å². The van der Waals surface area contributed by atoms with Gasteiger partial charge in [0.15, 0.2) is 0 Å². The lowest BCUT2D eigenvalue weighted by atomic mass is 9.97. The number of nitrogens with two attached hydrogens (primary N) is 1. The summed E-state index contributed by atoms with van der Waals surface area (Å²) in [6.45, 7) is 3.68. The van der Waals surface area contributed by atoms with Gasteiger partial charge in [0.2, 0.25) is 0 Å². The van der Waals surface area contributed by atoms with Crippen LogP contribution >= 0.6 is 0 Å². The van der Waals surface area contributed by atoms with Gasteiger partial charge in [0.05, 0.1) is 0 Å². The highest BCUT2D eigenvalue weighted by Crippen LogP contribution is 2.22. The number of hydrogen-bond donors (Lipinski definition) is 2. The molecule has 1 unspecified atom stereocenters. The predicted octanol–water partition coefficient (Wildman–Crippen LogP) is 2.03. The van der Waals surface area contributed by atoms with Gasteiger partial charge in [0, 0.05) is 0 Å². The van der Waals surface area contributed by atoms with E-state index in [1.54, 1.807) is 0 Å². The van der Waals surface area contributed by atoms with Gasteiger partial charge in [0.25, 0.3) is 0 Å². The molecule has 1 aromatic carbocycles. The van der Waals surface area contributed by atoms with Crippen molar-refractivity contribution >= 4 is 5.97 Å². The van der Waals surface area contributed by atoms with Crippen molar-refractivity contribution in [2.24, 2.45) is 5.73 Å². The summed E-state index contributed by atoms with van der Waals surface area (Å²) < 4.78 is 13.3. The Labute approximate surface area is 87.7 Å². The van der Waals surface area contributed by atoms with Crippen LogP contribution in [0.15, 0.2) is 18.2 Å². The van der Waals surface area contributed by atoms with Crippen LogP contribution in [0.1, 0.15) is 36.9 Å². The van der Waals surface area contributed by atoms with E-state index in [1.165, 1.54) is 18.2 Å². The summed E-state index contributed by atoms with van der Waals surface area (Å²) in [6, 6.07) is 3.08. The van der Waals surface area contributed by atoms with Crippen molar-refractivity contribution in [1.82, 2.24) is 0 Å². The lowest BCUT2D eigenvalue weighted by Gasteiger charge is -2.12. The minimum Gasteiger partial charge on any atom is -0.480 e. The largest absolute Gasteiger partial charge is 0.480 e. The number of carbonyl (C=O) groups is 1. The molecule has 0 amide bonds. The second-order valence-electron chi connectivity index (χ2n) is 3.75. The molecule has 0 heterocycles. The Balaban J connectivity index is 3.13. The standard InChI is InChI=1S/C11H14FNO2/c1-6(2)8-5-7(3-4-9(8)12)10(13)11(14)15/h3-6,10H,13H2,1-2H3,(H,14,15). The molecule has 0 spiro atoms. The van der Waals surface area contributed by atoms with E-state index < -0.39 is 12.0 Å². The highest BCUT2D eigenvalue weighted by atomic mass is 19.1. The highest BCUT2D eigenvalue weighted by Gasteiger charge is 2.16. The third kappa shape index (κ3) is 2.53. The lowest BCUT2D eigenvalue weighted by molar-refractivity contribution is -0.138. The fourth-order valence-electron chi connectivity index (χ4n) is 1.34. The third-order valence-corrected chi connectivity index (χ3v) is 2.27. The molecule has 82 valence electrons. The first-order valence-electron chi connectivity index (χ1n) is 4.71. The minimum atomic E-state index is -1.11. The van der Waals surface area contributed by atoms with E-state index in [1.807, 2.05) is 13.8 Å². The molecule has 0 bridgehead atoms. The SMILES string of the molecule is CC(C)c1cc(C(N)C(=O)O)ccc1F. The third-order valence-electron chi connectivity index (χ3n) is 2.27. The molecule has 1 aromatic rings. The van der Waals surface area contributed by atoms with Crippen LogP contribution in [0, 0.1) is 5.82 Å². The van der Waals surface area contributed by atoms with Gasteiger partial charge in [-0.05, 0) is 23.1 Å². The minimum absolute atomic E-state index is 0.00550. The van der Waals surface area contributed by atoms with E-state index in [2.05, 4.69) is 0 Å². The van der Waals surface area contributed by atoms with Crippen LogP contribution in [0.4, 0.5) is 4.39 Å². The van der Waals surface area contributed by atoms with E-state index in [0.29, 0.717) is 11.1 Å². The Morgan fingerprint density at radius 3 is 2.53 bits per heavy atom. The molecule has 0 saturated carbocycles. The first-order valence-corrected chi connectivity index (χ1v) is 4.71. The summed E-state index contributed by atoms with van der Waals surface area (Å²) in [5, 5.41) is 8.72. The molecule has 0 radical (unpaired) electrons. The molecule has 0 fully saturated rings. The van der Waals surface area contributed by atoms with Crippen LogP contribution in [-0.4, -0.2) is 11.1 Å². The Morgan fingerprint density at radius 1 is 1.47 bits per heavy atom. The van der Waals surface area contributed by atoms with Crippen molar-refractivity contribution in [3.05, 3.63) is 35.1 Å². The smallest absolute Gasteiger partial charge is 0.325 e. The number of benzene rings is 1. The van der Waals surface area contributed by atoms with Gasteiger partial charge in [-0.3, -0.25) is 4.79 Å². The molecule has 0 aliphatic heterocycles. The van der Waals surface area contributed by atoms with Crippen molar-refractivity contribution in [2.75, 3.05) is 0 Å². The van der Waals surface area contributed by atoms with E-state index in [9.17, 15) is 9.18 Å². The zero-order chi connectivity index (χ0) is 11.6. The predicted molar refractivity (Wildman–Crippen MR) is 55.1 cm³/mol. The zero-order valence-corrected chi connectivity index (χ0v) is 8.70. The molecule has 0 aliphatic carbocycles. The monoisotopic (exact) mass is 211 g/mol. The maximum atomic E-state index is 13.3. The molecular weight excluding hydrogens is 197 g/mol. The average Bonchev–Trinajstić information content (AvgIpc) is 2.16. The van der Waals surface area contributed by atoms with Gasteiger partial charge in [-0.25, -0.2) is 4.39 Å². The maximum Gasteiger partial charge on any atom is 0.325 e. The average molecular weight is 211 g/mol. The summed E-state index contributed by atoms with van der Waals surface area (Å²) in [6.07, 6.45) is 0. The quantitative estimate of drug-likeness (QED) is 0.804. The lowest BCUT2D eigenvalue weighted by Crippen LogP contribution is -2.20. The maximum absolute atomic E-state index is 13.3. The van der Waals surface area contributed by atoms with E-state index in [4.69, 9.17) is 10.8 Å². The molecule has 15 heavy (non-hydrogen) atoms. The summed E-state index contributed by atoms with van der Waals surface area (Å²) >= 11 is 0. The molecule has 4 heteroatoms. The van der Waals surface area contributed by atoms with Crippen molar-refractivity contribution in [3.8, 4) is 0 Å². The fourth-order valence-corrected chi connectivity index (χ4v) is 1.34. The first-order chi connectivity index (χ1) is 6.93. The summed E-state index contributed by atoms with van der Waals surface area (Å²) in [4.78, 5) is 10.6. The van der Waals surface area contributed by atoms with E-state index >= 15 is 0 Å². The van der Waals surface area contributed by atoms with Gasteiger partial charge < -0.3 is 10.8 Å². The zero-order valence-electron chi connectivity index (χ0n) is 8.70. The van der Waals surface area contributed by atoms with Crippen LogP contribution < -0.4 is 5.73 Å². The van der Waals surface area contributed by atoms with Crippen molar-refractivity contribution in [1.29, 1.82) is 0 Å². The Morgan fingerprint density at radius 2 is 2.07 bits per heavy atom. The van der Waals surface area contributed by atoms with Gasteiger partial charge >= 0.3 is 5.97 Å². The fraction of sp³-hybridized carbons (Fsp3) is 0.364. The number of hydrogen-bond acceptors (Lipinski definition) is 2. The normalized spacial score (nSPS) is 12.9. The number of halogens is 1. The topological polar surface area (TPSA) is 63.3 Å². The van der Waals surface area contributed by atoms with Gasteiger partial charge in [-0.1, -0.05) is 26.0 Å². The van der Waals surface area contributed by atoms with Crippen LogP contribution in [0.25, 0.3) is 0 Å². The van der Waals surface area contributed by atoms with Crippen LogP contribution in [0.3, 0.4) is 0 Å². The van der Waals surface area contributed by atoms with Gasteiger partial charge in [0.1, 0.15) is 11.9 Å². The highest BCUT2D eigenvalue weighted by molar-refractivity contribution is 5.75. The second kappa shape index (κ2) is 4.40. The molecule has 3 N–H and O–H groups in total. The summed E-state index contributed by atoms with van der Waals surface area (Å²) in [5.74, 6) is -1.44.